The average molecular weight is 438 g/mol. The molecule has 0 aliphatic carbocycles. The molecule has 1 saturated heterocycles. The van der Waals surface area contributed by atoms with E-state index in [-0.39, 0.29) is 13.2 Å². The Labute approximate surface area is 165 Å². The number of carbonyl (C=O) groups is 4. The maximum Gasteiger partial charge on any atom is 0.418 e. The fourth-order valence-electron chi connectivity index (χ4n) is 2.53. The molecule has 164 valence electrons. The lowest BCUT2D eigenvalue weighted by atomic mass is 10.1. The molecule has 0 unspecified atom stereocenters. The number of nitrogens with zero attached hydrogens (tertiary/aromatic N) is 1. The van der Waals surface area contributed by atoms with Gasteiger partial charge in [-0.3, -0.25) is 19.2 Å². The summed E-state index contributed by atoms with van der Waals surface area (Å²) in [6, 6.07) is 0.154. The van der Waals surface area contributed by atoms with Crippen molar-refractivity contribution >= 4 is 35.0 Å². The summed E-state index contributed by atoms with van der Waals surface area (Å²) in [5.74, 6) is -5.61. The van der Waals surface area contributed by atoms with Crippen molar-refractivity contribution in [2.45, 2.75) is 18.6 Å². The SMILES string of the molecule is NC(=O)[C@@H](NC(=O)C(F)F)C(=O)Nc1ccc(N2CCOCC2=O)c(C(F)(F)F)c1. The van der Waals surface area contributed by atoms with Crippen LogP contribution in [0, 0.1) is 0 Å². The van der Waals surface area contributed by atoms with Crippen molar-refractivity contribution in [3.63, 3.8) is 0 Å². The molecule has 0 saturated carbocycles. The third kappa shape index (κ3) is 5.40. The van der Waals surface area contributed by atoms with E-state index >= 15 is 0 Å². The lowest BCUT2D eigenvalue weighted by Gasteiger charge is -2.29. The summed E-state index contributed by atoms with van der Waals surface area (Å²) in [5, 5.41) is 3.28. The number of benzene rings is 1. The summed E-state index contributed by atoms with van der Waals surface area (Å²) in [4.78, 5) is 47.1. The van der Waals surface area contributed by atoms with Gasteiger partial charge < -0.3 is 26.0 Å². The minimum atomic E-state index is -4.93. The fourth-order valence-corrected chi connectivity index (χ4v) is 2.53. The molecular formula is C16H15F5N4O5. The van der Waals surface area contributed by atoms with Crippen molar-refractivity contribution in [1.29, 1.82) is 0 Å². The van der Waals surface area contributed by atoms with E-state index in [4.69, 9.17) is 10.5 Å². The second-order valence-corrected chi connectivity index (χ2v) is 5.96. The highest BCUT2D eigenvalue weighted by atomic mass is 19.4. The number of alkyl halides is 5. The Bertz CT molecular complexity index is 861. The molecule has 1 heterocycles. The van der Waals surface area contributed by atoms with E-state index in [0.29, 0.717) is 6.07 Å². The minimum absolute atomic E-state index is 0.0195. The van der Waals surface area contributed by atoms with Crippen LogP contribution >= 0.6 is 0 Å². The highest BCUT2D eigenvalue weighted by molar-refractivity contribution is 6.11. The molecule has 9 nitrogen and oxygen atoms in total. The zero-order chi connectivity index (χ0) is 22.6. The number of morpholine rings is 1. The van der Waals surface area contributed by atoms with Crippen molar-refractivity contribution in [1.82, 2.24) is 5.32 Å². The van der Waals surface area contributed by atoms with Gasteiger partial charge in [0.25, 0.3) is 17.7 Å². The fraction of sp³-hybridized carbons (Fsp3) is 0.375. The number of primary amides is 1. The summed E-state index contributed by atoms with van der Waals surface area (Å²) in [6.07, 6.45) is -8.48. The lowest BCUT2D eigenvalue weighted by Crippen LogP contribution is -2.53. The Morgan fingerprint density at radius 1 is 1.17 bits per heavy atom. The van der Waals surface area contributed by atoms with E-state index in [0.717, 1.165) is 17.0 Å². The van der Waals surface area contributed by atoms with E-state index in [1.165, 1.54) is 5.32 Å². The van der Waals surface area contributed by atoms with Crippen molar-refractivity contribution in [3.05, 3.63) is 23.8 Å². The third-order valence-corrected chi connectivity index (χ3v) is 3.88. The maximum atomic E-state index is 13.5. The highest BCUT2D eigenvalue weighted by Gasteiger charge is 2.37. The summed E-state index contributed by atoms with van der Waals surface area (Å²) in [7, 11) is 0. The second kappa shape index (κ2) is 9.02. The maximum absolute atomic E-state index is 13.5. The number of ether oxygens (including phenoxy) is 1. The molecule has 1 aromatic rings. The number of hydrogen-bond donors (Lipinski definition) is 3. The average Bonchev–Trinajstić information content (AvgIpc) is 2.65. The van der Waals surface area contributed by atoms with Gasteiger partial charge in [0.15, 0.2) is 6.04 Å². The van der Waals surface area contributed by atoms with Crippen LogP contribution in [0.4, 0.5) is 33.3 Å². The molecule has 14 heteroatoms. The van der Waals surface area contributed by atoms with Crippen LogP contribution in [0.3, 0.4) is 0 Å². The molecule has 0 spiro atoms. The van der Waals surface area contributed by atoms with Crippen LogP contribution in [0.15, 0.2) is 18.2 Å². The molecule has 1 aliphatic heterocycles. The highest BCUT2D eigenvalue weighted by Crippen LogP contribution is 2.38. The molecule has 1 aromatic carbocycles. The molecule has 4 N–H and O–H groups in total. The first kappa shape index (κ1) is 23.0. The van der Waals surface area contributed by atoms with Gasteiger partial charge in [-0.1, -0.05) is 0 Å². The Balaban J connectivity index is 2.31. The van der Waals surface area contributed by atoms with Crippen LogP contribution in [0.25, 0.3) is 0 Å². The van der Waals surface area contributed by atoms with E-state index in [2.05, 4.69) is 0 Å². The Hall–Kier alpha value is -3.29. The van der Waals surface area contributed by atoms with Crippen molar-refractivity contribution in [3.8, 4) is 0 Å². The molecule has 2 rings (SSSR count). The first-order valence-electron chi connectivity index (χ1n) is 8.20. The molecule has 1 atom stereocenters. The summed E-state index contributed by atoms with van der Waals surface area (Å²) in [6.45, 7) is -0.511. The third-order valence-electron chi connectivity index (χ3n) is 3.88. The van der Waals surface area contributed by atoms with E-state index in [1.54, 1.807) is 0 Å². The first-order valence-corrected chi connectivity index (χ1v) is 8.20. The van der Waals surface area contributed by atoms with Gasteiger partial charge in [0, 0.05) is 12.2 Å². The number of hydrogen-bond acceptors (Lipinski definition) is 5. The molecule has 0 radical (unpaired) electrons. The van der Waals surface area contributed by atoms with Gasteiger partial charge in [-0.2, -0.15) is 22.0 Å². The molecule has 0 bridgehead atoms. The van der Waals surface area contributed by atoms with Crippen LogP contribution in [0.5, 0.6) is 0 Å². The molecular weight excluding hydrogens is 423 g/mol. The smallest absolute Gasteiger partial charge is 0.370 e. The Morgan fingerprint density at radius 3 is 2.37 bits per heavy atom. The monoisotopic (exact) mass is 438 g/mol. The minimum Gasteiger partial charge on any atom is -0.370 e. The van der Waals surface area contributed by atoms with Gasteiger partial charge in [-0.15, -0.1) is 0 Å². The number of amides is 4. The van der Waals surface area contributed by atoms with Crippen LogP contribution in [-0.2, 0) is 30.1 Å². The van der Waals surface area contributed by atoms with Crippen molar-refractivity contribution in [2.75, 3.05) is 30.0 Å². The second-order valence-electron chi connectivity index (χ2n) is 5.96. The lowest BCUT2D eigenvalue weighted by molar-refractivity contribution is -0.138. The van der Waals surface area contributed by atoms with Gasteiger partial charge >= 0.3 is 12.6 Å². The normalized spacial score (nSPS) is 15.7. The van der Waals surface area contributed by atoms with E-state index in [1.807, 2.05) is 5.32 Å². The van der Waals surface area contributed by atoms with Crippen LogP contribution in [0.2, 0.25) is 0 Å². The number of carbonyl (C=O) groups excluding carboxylic acids is 4. The zero-order valence-electron chi connectivity index (χ0n) is 15.0. The summed E-state index contributed by atoms with van der Waals surface area (Å²) >= 11 is 0. The number of rotatable bonds is 6. The van der Waals surface area contributed by atoms with Gasteiger partial charge in [-0.05, 0) is 18.2 Å². The number of nitrogens with two attached hydrogens (primary N) is 1. The Morgan fingerprint density at radius 2 is 1.83 bits per heavy atom. The quantitative estimate of drug-likeness (QED) is 0.433. The first-order chi connectivity index (χ1) is 13.9. The largest absolute Gasteiger partial charge is 0.418 e. The molecule has 0 aromatic heterocycles. The van der Waals surface area contributed by atoms with Gasteiger partial charge in [-0.25, -0.2) is 0 Å². The predicted molar refractivity (Wildman–Crippen MR) is 90.4 cm³/mol. The van der Waals surface area contributed by atoms with E-state index < -0.39 is 65.8 Å². The van der Waals surface area contributed by atoms with Crippen molar-refractivity contribution in [2.24, 2.45) is 5.73 Å². The molecule has 1 fully saturated rings. The standard InChI is InChI=1S/C16H15F5N4O5/c17-12(18)15(29)24-11(13(22)27)14(28)23-7-1-2-9(8(5-7)16(19,20)21)25-3-4-30-6-10(25)26/h1-2,5,11-12H,3-4,6H2,(H2,22,27)(H,23,28)(H,24,29)/t11-/m1/s1. The zero-order valence-corrected chi connectivity index (χ0v) is 15.0. The van der Waals surface area contributed by atoms with E-state index in [9.17, 15) is 41.1 Å². The predicted octanol–water partition coefficient (Wildman–Crippen LogP) is 0.242. The number of nitrogens with one attached hydrogen (secondary N) is 2. The van der Waals surface area contributed by atoms with Gasteiger partial charge in [0.05, 0.1) is 17.9 Å². The summed E-state index contributed by atoms with van der Waals surface area (Å²) in [5.41, 5.74) is 2.65. The Kier molecular flexibility index (Phi) is 6.92. The molecule has 4 amide bonds. The molecule has 30 heavy (non-hydrogen) atoms. The molecule has 1 aliphatic rings. The number of halogens is 5. The van der Waals surface area contributed by atoms with Crippen LogP contribution in [-0.4, -0.2) is 55.9 Å². The van der Waals surface area contributed by atoms with Gasteiger partial charge in [0.2, 0.25) is 5.91 Å². The summed E-state index contributed by atoms with van der Waals surface area (Å²) < 4.78 is 70.0. The van der Waals surface area contributed by atoms with Crippen molar-refractivity contribution < 1.29 is 45.9 Å². The van der Waals surface area contributed by atoms with Gasteiger partial charge in [0.1, 0.15) is 6.61 Å². The topological polar surface area (TPSA) is 131 Å². The van der Waals surface area contributed by atoms with Crippen LogP contribution < -0.4 is 21.3 Å². The number of anilines is 2. The van der Waals surface area contributed by atoms with Crippen LogP contribution in [0.1, 0.15) is 5.56 Å².